The van der Waals surface area contributed by atoms with Crippen LogP contribution in [-0.2, 0) is 25.7 Å². The molecule has 1 N–H and O–H groups in total. The van der Waals surface area contributed by atoms with Crippen molar-refractivity contribution in [2.45, 2.75) is 75.7 Å². The summed E-state index contributed by atoms with van der Waals surface area (Å²) >= 11 is 0. The topological polar surface area (TPSA) is 72.5 Å². The number of carbonyl (C=O) groups is 1. The largest absolute Gasteiger partial charge is 0.412 e. The summed E-state index contributed by atoms with van der Waals surface area (Å²) in [6.07, 6.45) is 1.33. The predicted molar refractivity (Wildman–Crippen MR) is 128 cm³/mol. The summed E-state index contributed by atoms with van der Waals surface area (Å²) in [6.45, 7) is 12.5. The smallest absolute Gasteiger partial charge is 0.241 e. The molecule has 0 heterocycles. The van der Waals surface area contributed by atoms with Crippen LogP contribution in [0.25, 0.3) is 0 Å². The second kappa shape index (κ2) is 10.2. The third kappa shape index (κ3) is 7.10. The van der Waals surface area contributed by atoms with Gasteiger partial charge in [0.15, 0.2) is 8.32 Å². The minimum Gasteiger partial charge on any atom is -0.412 e. The molecule has 0 aliphatic heterocycles. The maximum Gasteiger partial charge on any atom is 0.241 e. The van der Waals surface area contributed by atoms with E-state index in [1.807, 2.05) is 37.3 Å². The number of aryl methyl sites for hydroxylation is 2. The average Bonchev–Trinajstić information content (AvgIpc) is 2.69. The van der Waals surface area contributed by atoms with E-state index in [1.165, 1.54) is 0 Å². The fourth-order valence-corrected chi connectivity index (χ4v) is 5.55. The van der Waals surface area contributed by atoms with Crippen molar-refractivity contribution in [3.05, 3.63) is 65.7 Å². The highest BCUT2D eigenvalue weighted by atomic mass is 32.2. The van der Waals surface area contributed by atoms with Crippen molar-refractivity contribution in [1.82, 2.24) is 4.72 Å². The van der Waals surface area contributed by atoms with Crippen molar-refractivity contribution in [1.29, 1.82) is 0 Å². The summed E-state index contributed by atoms with van der Waals surface area (Å²) in [5, 5.41) is -0.0682. The molecular formula is C24H35NO4SSi. The molecule has 0 aliphatic rings. The van der Waals surface area contributed by atoms with Crippen LogP contribution in [0.15, 0.2) is 59.5 Å². The Bertz CT molecular complexity index is 951. The zero-order valence-corrected chi connectivity index (χ0v) is 21.2. The molecule has 0 radical (unpaired) electrons. The minimum atomic E-state index is -3.85. The van der Waals surface area contributed by atoms with Gasteiger partial charge >= 0.3 is 0 Å². The molecule has 0 aromatic heterocycles. The summed E-state index contributed by atoms with van der Waals surface area (Å²) in [6, 6.07) is 15.5. The fourth-order valence-electron chi connectivity index (χ4n) is 2.98. The number of rotatable bonds is 10. The lowest BCUT2D eigenvalue weighted by Crippen LogP contribution is -2.52. The van der Waals surface area contributed by atoms with Gasteiger partial charge in [-0.15, -0.1) is 0 Å². The summed E-state index contributed by atoms with van der Waals surface area (Å²) in [5.41, 5.74) is 2.09. The van der Waals surface area contributed by atoms with Crippen molar-refractivity contribution in [3.8, 4) is 0 Å². The van der Waals surface area contributed by atoms with Gasteiger partial charge in [-0.05, 0) is 55.6 Å². The van der Waals surface area contributed by atoms with Gasteiger partial charge in [0, 0.05) is 0 Å². The molecule has 2 atom stereocenters. The molecule has 0 amide bonds. The van der Waals surface area contributed by atoms with Crippen LogP contribution in [0.2, 0.25) is 18.1 Å². The number of nitrogens with one attached hydrogen (secondary N) is 1. The predicted octanol–water partition coefficient (Wildman–Crippen LogP) is 4.86. The summed E-state index contributed by atoms with van der Waals surface area (Å²) < 4.78 is 35.0. The van der Waals surface area contributed by atoms with Crippen molar-refractivity contribution in [3.63, 3.8) is 0 Å². The summed E-state index contributed by atoms with van der Waals surface area (Å²) in [5.74, 6) is 0. The lowest BCUT2D eigenvalue weighted by atomic mass is 10.0. The lowest BCUT2D eigenvalue weighted by molar-refractivity contribution is -0.111. The van der Waals surface area contributed by atoms with Crippen molar-refractivity contribution < 1.29 is 17.6 Å². The second-order valence-corrected chi connectivity index (χ2v) is 16.0. The van der Waals surface area contributed by atoms with Crippen molar-refractivity contribution in [2.75, 3.05) is 0 Å². The molecule has 0 saturated carbocycles. The Morgan fingerprint density at radius 1 is 1.03 bits per heavy atom. The Hall–Kier alpha value is -1.80. The van der Waals surface area contributed by atoms with Crippen LogP contribution in [0.3, 0.4) is 0 Å². The quantitative estimate of drug-likeness (QED) is 0.405. The molecule has 2 rings (SSSR count). The van der Waals surface area contributed by atoms with Gasteiger partial charge in [-0.2, -0.15) is 4.72 Å². The molecule has 5 nitrogen and oxygen atoms in total. The Morgan fingerprint density at radius 3 is 2.13 bits per heavy atom. The van der Waals surface area contributed by atoms with Crippen LogP contribution >= 0.6 is 0 Å². The third-order valence-electron chi connectivity index (χ3n) is 5.98. The number of benzene rings is 2. The molecule has 31 heavy (non-hydrogen) atoms. The van der Waals surface area contributed by atoms with E-state index >= 15 is 0 Å². The number of hydrogen-bond donors (Lipinski definition) is 1. The highest BCUT2D eigenvalue weighted by Gasteiger charge is 2.41. The van der Waals surface area contributed by atoms with Crippen molar-refractivity contribution in [2.24, 2.45) is 0 Å². The van der Waals surface area contributed by atoms with Gasteiger partial charge in [-0.3, -0.25) is 0 Å². The van der Waals surface area contributed by atoms with Crippen LogP contribution in [0.4, 0.5) is 0 Å². The highest BCUT2D eigenvalue weighted by molar-refractivity contribution is 7.89. The van der Waals surface area contributed by atoms with Gasteiger partial charge < -0.3 is 9.22 Å². The van der Waals surface area contributed by atoms with Crippen LogP contribution in [0.1, 0.15) is 38.3 Å². The minimum absolute atomic E-state index is 0.0682. The highest BCUT2D eigenvalue weighted by Crippen LogP contribution is 2.38. The molecule has 170 valence electrons. The van der Waals surface area contributed by atoms with E-state index in [1.54, 1.807) is 24.3 Å². The lowest BCUT2D eigenvalue weighted by Gasteiger charge is -2.40. The molecule has 2 aromatic carbocycles. The first kappa shape index (κ1) is 25.5. The van der Waals surface area contributed by atoms with E-state index in [4.69, 9.17) is 4.43 Å². The molecule has 0 spiro atoms. The Labute approximate surface area is 188 Å². The maximum atomic E-state index is 12.9. The third-order valence-corrected chi connectivity index (χ3v) is 12.0. The Kier molecular flexibility index (Phi) is 8.38. The standard InChI is InChI=1S/C24H35NO4SSi/c1-19-12-15-21(16-13-19)30(27,28)25-22(18-26)23(29-31(5,6)24(2,3)4)17-14-20-10-8-7-9-11-20/h7-13,15-16,18,22-23,25H,14,17H2,1-6H3/t22-,23+/m1/s1. The number of hydrogen-bond acceptors (Lipinski definition) is 4. The first-order valence-electron chi connectivity index (χ1n) is 10.6. The SMILES string of the molecule is Cc1ccc(S(=O)(=O)N[C@H](C=O)[C@H](CCc2ccccc2)O[Si](C)(C)C(C)(C)C)cc1. The van der Waals surface area contributed by atoms with Gasteiger partial charge in [0.2, 0.25) is 10.0 Å². The molecule has 0 bridgehead atoms. The van der Waals surface area contributed by atoms with Gasteiger partial charge in [-0.25, -0.2) is 8.42 Å². The summed E-state index contributed by atoms with van der Waals surface area (Å²) in [4.78, 5) is 12.2. The van der Waals surface area contributed by atoms with Crippen molar-refractivity contribution >= 4 is 24.6 Å². The first-order valence-corrected chi connectivity index (χ1v) is 15.0. The van der Waals surface area contributed by atoms with E-state index in [0.29, 0.717) is 19.1 Å². The maximum absolute atomic E-state index is 12.9. The normalized spacial score (nSPS) is 14.8. The van der Waals surface area contributed by atoms with Crippen LogP contribution < -0.4 is 4.72 Å². The average molecular weight is 462 g/mol. The molecule has 0 aliphatic carbocycles. The van der Waals surface area contributed by atoms with Crippen LogP contribution in [0.5, 0.6) is 0 Å². The molecule has 0 saturated heterocycles. The molecule has 2 aromatic rings. The number of carbonyl (C=O) groups excluding carboxylic acids is 1. The number of aldehydes is 1. The molecular weight excluding hydrogens is 426 g/mol. The zero-order valence-electron chi connectivity index (χ0n) is 19.4. The number of sulfonamides is 1. The van der Waals surface area contributed by atoms with Gasteiger partial charge in [0.25, 0.3) is 0 Å². The summed E-state index contributed by atoms with van der Waals surface area (Å²) in [7, 11) is -6.09. The monoisotopic (exact) mass is 461 g/mol. The Morgan fingerprint density at radius 2 is 1.61 bits per heavy atom. The van der Waals surface area contributed by atoms with Crippen LogP contribution in [0, 0.1) is 6.92 Å². The van der Waals surface area contributed by atoms with Gasteiger partial charge in [-0.1, -0.05) is 68.8 Å². The van der Waals surface area contributed by atoms with E-state index in [-0.39, 0.29) is 9.93 Å². The van der Waals surface area contributed by atoms with E-state index in [9.17, 15) is 13.2 Å². The van der Waals surface area contributed by atoms with E-state index in [2.05, 4.69) is 38.6 Å². The van der Waals surface area contributed by atoms with Gasteiger partial charge in [0.05, 0.1) is 11.0 Å². The van der Waals surface area contributed by atoms with Crippen LogP contribution in [-0.4, -0.2) is 35.2 Å². The Balaban J connectivity index is 2.29. The zero-order chi connectivity index (χ0) is 23.3. The van der Waals surface area contributed by atoms with Gasteiger partial charge in [0.1, 0.15) is 12.3 Å². The fraction of sp³-hybridized carbons (Fsp3) is 0.458. The van der Waals surface area contributed by atoms with E-state index in [0.717, 1.165) is 11.1 Å². The molecule has 0 unspecified atom stereocenters. The first-order chi connectivity index (χ1) is 14.4. The molecule has 0 fully saturated rings. The second-order valence-electron chi connectivity index (χ2n) is 9.54. The molecule has 7 heteroatoms. The van der Waals surface area contributed by atoms with E-state index < -0.39 is 30.5 Å².